The number of furan rings is 1. The minimum Gasteiger partial charge on any atom is -0.467 e. The molecule has 1 aliphatic heterocycles. The monoisotopic (exact) mass is 337 g/mol. The number of urea groups is 1. The smallest absolute Gasteiger partial charge is 0.318 e. The van der Waals surface area contributed by atoms with Gasteiger partial charge in [-0.15, -0.1) is 0 Å². The van der Waals surface area contributed by atoms with Gasteiger partial charge in [0, 0.05) is 25.6 Å². The molecule has 3 N–H and O–H groups in total. The number of likely N-dealkylation sites (tertiary alicyclic amines) is 1. The molecule has 0 unspecified atom stereocenters. The molecule has 0 saturated carbocycles. The minimum atomic E-state index is -0.333. The molecule has 0 spiro atoms. The molecule has 134 valence electrons. The number of nitrogens with two attached hydrogens (primary N) is 1. The Morgan fingerprint density at radius 3 is 2.62 bits per heavy atom. The summed E-state index contributed by atoms with van der Waals surface area (Å²) in [6.45, 7) is 6.17. The highest BCUT2D eigenvalue weighted by Gasteiger charge is 2.27. The van der Waals surface area contributed by atoms with Gasteiger partial charge in [-0.25, -0.2) is 4.79 Å². The van der Waals surface area contributed by atoms with Crippen molar-refractivity contribution < 1.29 is 18.7 Å². The third kappa shape index (κ3) is 5.26. The first-order valence-electron chi connectivity index (χ1n) is 8.43. The number of carbonyl (C=O) groups is 2. The summed E-state index contributed by atoms with van der Waals surface area (Å²) in [5.41, 5.74) is 5.33. The number of hydrogen-bond donors (Lipinski definition) is 2. The Balaban J connectivity index is 1.89. The molecule has 3 amide bonds. The van der Waals surface area contributed by atoms with E-state index in [0.29, 0.717) is 50.8 Å². The van der Waals surface area contributed by atoms with Gasteiger partial charge in [0.25, 0.3) is 0 Å². The van der Waals surface area contributed by atoms with Gasteiger partial charge >= 0.3 is 6.03 Å². The summed E-state index contributed by atoms with van der Waals surface area (Å²) in [6.07, 6.45) is 2.80. The van der Waals surface area contributed by atoms with Crippen LogP contribution in [0.2, 0.25) is 0 Å². The van der Waals surface area contributed by atoms with Gasteiger partial charge in [-0.2, -0.15) is 0 Å². The molecule has 0 bridgehead atoms. The van der Waals surface area contributed by atoms with Gasteiger partial charge < -0.3 is 25.1 Å². The third-order valence-electron chi connectivity index (χ3n) is 4.10. The maximum absolute atomic E-state index is 12.5. The van der Waals surface area contributed by atoms with Gasteiger partial charge in [-0.3, -0.25) is 4.79 Å². The van der Waals surface area contributed by atoms with E-state index in [9.17, 15) is 9.59 Å². The van der Waals surface area contributed by atoms with E-state index in [1.807, 2.05) is 6.07 Å². The molecule has 1 aliphatic rings. The fraction of sp³-hybridized carbons (Fsp3) is 0.647. The number of piperidine rings is 1. The average molecular weight is 337 g/mol. The molecular weight excluding hydrogens is 310 g/mol. The fourth-order valence-electron chi connectivity index (χ4n) is 2.71. The quantitative estimate of drug-likeness (QED) is 0.794. The first-order valence-corrected chi connectivity index (χ1v) is 8.43. The van der Waals surface area contributed by atoms with Crippen LogP contribution in [0.5, 0.6) is 0 Å². The Morgan fingerprint density at radius 2 is 2.08 bits per heavy atom. The third-order valence-corrected chi connectivity index (χ3v) is 4.10. The summed E-state index contributed by atoms with van der Waals surface area (Å²) < 4.78 is 11.1. The van der Waals surface area contributed by atoms with Crippen LogP contribution >= 0.6 is 0 Å². The topological polar surface area (TPSA) is 97.8 Å². The molecule has 1 aromatic rings. The zero-order valence-corrected chi connectivity index (χ0v) is 14.4. The number of hydrogen-bond acceptors (Lipinski definition) is 4. The molecular formula is C17H27N3O4. The standard InChI is InChI=1S/C17H27N3O4/c1-12(2)10-23-11-14(15-4-3-9-24-15)19-17(22)20-7-5-13(6-8-20)16(18)21/h3-4,9,12-14H,5-8,10-11H2,1-2H3,(H2,18,21)(H,19,22)/t14-/m1/s1. The van der Waals surface area contributed by atoms with Crippen molar-refractivity contribution in [1.82, 2.24) is 10.2 Å². The predicted octanol–water partition coefficient (Wildman–Crippen LogP) is 1.90. The second-order valence-corrected chi connectivity index (χ2v) is 6.61. The first-order chi connectivity index (χ1) is 11.5. The van der Waals surface area contributed by atoms with Crippen LogP contribution in [0.25, 0.3) is 0 Å². The SMILES string of the molecule is CC(C)COC[C@@H](NC(=O)N1CCC(C(N)=O)CC1)c1ccco1. The number of primary amides is 1. The van der Waals surface area contributed by atoms with Crippen molar-refractivity contribution in [3.63, 3.8) is 0 Å². The molecule has 7 nitrogen and oxygen atoms in total. The Labute approximate surface area is 142 Å². The largest absolute Gasteiger partial charge is 0.467 e. The van der Waals surface area contributed by atoms with Crippen molar-refractivity contribution in [2.45, 2.75) is 32.7 Å². The van der Waals surface area contributed by atoms with Crippen LogP contribution in [0.15, 0.2) is 22.8 Å². The van der Waals surface area contributed by atoms with E-state index in [4.69, 9.17) is 14.9 Å². The molecule has 1 aromatic heterocycles. The van der Waals surface area contributed by atoms with Gasteiger partial charge in [0.2, 0.25) is 5.91 Å². The Bertz CT molecular complexity index is 522. The summed E-state index contributed by atoms with van der Waals surface area (Å²) in [5, 5.41) is 2.96. The fourth-order valence-corrected chi connectivity index (χ4v) is 2.71. The molecule has 7 heteroatoms. The summed E-state index contributed by atoms with van der Waals surface area (Å²) in [7, 11) is 0. The summed E-state index contributed by atoms with van der Waals surface area (Å²) >= 11 is 0. The Kier molecular flexibility index (Phi) is 6.66. The lowest BCUT2D eigenvalue weighted by molar-refractivity contribution is -0.123. The molecule has 0 radical (unpaired) electrons. The van der Waals surface area contributed by atoms with Gasteiger partial charge in [0.05, 0.1) is 12.9 Å². The van der Waals surface area contributed by atoms with Gasteiger partial charge in [0.15, 0.2) is 0 Å². The van der Waals surface area contributed by atoms with Crippen LogP contribution < -0.4 is 11.1 Å². The van der Waals surface area contributed by atoms with E-state index in [-0.39, 0.29) is 23.9 Å². The molecule has 1 atom stereocenters. The van der Waals surface area contributed by atoms with E-state index in [1.165, 1.54) is 0 Å². The van der Waals surface area contributed by atoms with E-state index in [2.05, 4.69) is 19.2 Å². The Hall–Kier alpha value is -2.02. The molecule has 1 fully saturated rings. The maximum atomic E-state index is 12.5. The van der Waals surface area contributed by atoms with Crippen molar-refractivity contribution in [3.8, 4) is 0 Å². The van der Waals surface area contributed by atoms with E-state index < -0.39 is 0 Å². The van der Waals surface area contributed by atoms with Crippen molar-refractivity contribution >= 4 is 11.9 Å². The lowest BCUT2D eigenvalue weighted by Crippen LogP contribution is -2.47. The highest BCUT2D eigenvalue weighted by atomic mass is 16.5. The predicted molar refractivity (Wildman–Crippen MR) is 89.1 cm³/mol. The highest BCUT2D eigenvalue weighted by molar-refractivity contribution is 5.78. The van der Waals surface area contributed by atoms with Gasteiger partial charge in [-0.05, 0) is 30.9 Å². The summed E-state index contributed by atoms with van der Waals surface area (Å²) in [5.74, 6) is 0.666. The Morgan fingerprint density at radius 1 is 1.38 bits per heavy atom. The van der Waals surface area contributed by atoms with Gasteiger partial charge in [-0.1, -0.05) is 13.8 Å². The lowest BCUT2D eigenvalue weighted by Gasteiger charge is -2.31. The van der Waals surface area contributed by atoms with E-state index in [0.717, 1.165) is 0 Å². The average Bonchev–Trinajstić information content (AvgIpc) is 3.08. The van der Waals surface area contributed by atoms with Crippen LogP contribution in [-0.2, 0) is 9.53 Å². The minimum absolute atomic E-state index is 0.135. The van der Waals surface area contributed by atoms with Crippen molar-refractivity contribution in [3.05, 3.63) is 24.2 Å². The molecule has 2 rings (SSSR count). The molecule has 0 aromatic carbocycles. The number of amides is 3. The molecule has 24 heavy (non-hydrogen) atoms. The normalized spacial score (nSPS) is 17.0. The second-order valence-electron chi connectivity index (χ2n) is 6.61. The maximum Gasteiger partial charge on any atom is 0.318 e. The number of nitrogens with one attached hydrogen (secondary N) is 1. The molecule has 2 heterocycles. The van der Waals surface area contributed by atoms with Crippen molar-refractivity contribution in [2.75, 3.05) is 26.3 Å². The summed E-state index contributed by atoms with van der Waals surface area (Å²) in [6, 6.07) is 3.10. The van der Waals surface area contributed by atoms with Crippen LogP contribution in [0.4, 0.5) is 4.79 Å². The van der Waals surface area contributed by atoms with Crippen LogP contribution in [0.3, 0.4) is 0 Å². The zero-order valence-electron chi connectivity index (χ0n) is 14.4. The van der Waals surface area contributed by atoms with Gasteiger partial charge in [0.1, 0.15) is 11.8 Å². The van der Waals surface area contributed by atoms with Crippen molar-refractivity contribution in [1.29, 1.82) is 0 Å². The first kappa shape index (κ1) is 18.3. The zero-order chi connectivity index (χ0) is 17.5. The molecule has 1 saturated heterocycles. The van der Waals surface area contributed by atoms with Crippen molar-refractivity contribution in [2.24, 2.45) is 17.6 Å². The number of carbonyl (C=O) groups excluding carboxylic acids is 2. The lowest BCUT2D eigenvalue weighted by atomic mass is 9.96. The van der Waals surface area contributed by atoms with Crippen LogP contribution in [0, 0.1) is 11.8 Å². The number of ether oxygens (including phenoxy) is 1. The van der Waals surface area contributed by atoms with E-state index in [1.54, 1.807) is 17.2 Å². The van der Waals surface area contributed by atoms with Crippen LogP contribution in [0.1, 0.15) is 38.5 Å². The number of nitrogens with zero attached hydrogens (tertiary/aromatic N) is 1. The second kappa shape index (κ2) is 8.73. The summed E-state index contributed by atoms with van der Waals surface area (Å²) in [4.78, 5) is 25.4. The molecule has 0 aliphatic carbocycles. The highest BCUT2D eigenvalue weighted by Crippen LogP contribution is 2.19. The number of rotatable bonds is 7. The van der Waals surface area contributed by atoms with Crippen LogP contribution in [-0.4, -0.2) is 43.1 Å². The van der Waals surface area contributed by atoms with E-state index >= 15 is 0 Å².